The molecule has 0 aromatic rings. The molecule has 0 spiro atoms. The van der Waals surface area contributed by atoms with Crippen molar-refractivity contribution in [1.82, 2.24) is 5.23 Å². The number of hydrogen-bond donors (Lipinski definition) is 2. The fourth-order valence-corrected chi connectivity index (χ4v) is 0.317. The van der Waals surface area contributed by atoms with E-state index in [1.54, 1.807) is 0 Å². The van der Waals surface area contributed by atoms with E-state index < -0.39 is 12.7 Å². The van der Waals surface area contributed by atoms with Gasteiger partial charge in [-0.3, -0.25) is 4.84 Å². The quantitative estimate of drug-likeness (QED) is 0.538. The van der Waals surface area contributed by atoms with Gasteiger partial charge in [0.1, 0.15) is 12.7 Å². The minimum absolute atomic E-state index is 0.190. The van der Waals surface area contributed by atoms with E-state index in [9.17, 15) is 5.21 Å². The zero-order valence-corrected chi connectivity index (χ0v) is 6.36. The first-order valence-electron chi connectivity index (χ1n) is 3.12. The fraction of sp³-hybridized carbons (Fsp3) is 0.667. The molecular weight excluding hydrogens is 150 g/mol. The number of aliphatic hydroxyl groups excluding tert-OH is 2. The van der Waals surface area contributed by atoms with Crippen LogP contribution in [0.25, 0.3) is 0 Å². The van der Waals surface area contributed by atoms with Crippen molar-refractivity contribution in [3.8, 4) is 0 Å². The molecule has 0 radical (unpaired) electrons. The van der Waals surface area contributed by atoms with E-state index >= 15 is 0 Å². The Labute approximate surface area is 65.0 Å². The molecule has 0 aliphatic carbocycles. The highest BCUT2D eigenvalue weighted by molar-refractivity contribution is 4.83. The predicted octanol–water partition coefficient (Wildman–Crippen LogP) is -0.395. The smallest absolute Gasteiger partial charge is 0.103 e. The van der Waals surface area contributed by atoms with Gasteiger partial charge < -0.3 is 20.6 Å². The van der Waals surface area contributed by atoms with E-state index in [1.165, 1.54) is 6.92 Å². The van der Waals surface area contributed by atoms with E-state index in [0.717, 1.165) is 0 Å². The minimum atomic E-state index is -1.02. The molecule has 0 aliphatic rings. The number of aliphatic hydroxyl groups is 2. The standard InChI is InChI=1S/C6H12NO4/c1-5(2)7(10)11-4-6(9)3-8/h6,8-9H,1,3-4H2,2H3/q-1. The van der Waals surface area contributed by atoms with Gasteiger partial charge in [-0.15, -0.1) is 0 Å². The van der Waals surface area contributed by atoms with Crippen LogP contribution in [0.1, 0.15) is 6.92 Å². The number of hydroxylamine groups is 2. The van der Waals surface area contributed by atoms with Gasteiger partial charge in [0, 0.05) is 5.70 Å². The van der Waals surface area contributed by atoms with Gasteiger partial charge in [-0.1, -0.05) is 6.58 Å². The Hall–Kier alpha value is -0.620. The van der Waals surface area contributed by atoms with Gasteiger partial charge in [0.15, 0.2) is 0 Å². The predicted molar refractivity (Wildman–Crippen MR) is 39.1 cm³/mol. The first-order chi connectivity index (χ1) is 5.07. The van der Waals surface area contributed by atoms with Crippen LogP contribution < -0.4 is 0 Å². The Morgan fingerprint density at radius 3 is 2.73 bits per heavy atom. The SMILES string of the molecule is C=C(C)N([O-])OCC(O)CO. The van der Waals surface area contributed by atoms with Crippen LogP contribution in [0.2, 0.25) is 0 Å². The van der Waals surface area contributed by atoms with Gasteiger partial charge in [-0.25, -0.2) is 0 Å². The topological polar surface area (TPSA) is 76.0 Å². The third kappa shape index (κ3) is 4.74. The molecule has 1 atom stereocenters. The number of nitrogens with zero attached hydrogens (tertiary/aromatic N) is 1. The molecule has 1 unspecified atom stereocenters. The van der Waals surface area contributed by atoms with Gasteiger partial charge in [0.05, 0.1) is 6.61 Å². The number of allylic oxidation sites excluding steroid dienone is 1. The third-order valence-corrected chi connectivity index (χ3v) is 0.907. The van der Waals surface area contributed by atoms with E-state index in [0.29, 0.717) is 0 Å². The summed E-state index contributed by atoms with van der Waals surface area (Å²) in [4.78, 5) is 4.42. The lowest BCUT2D eigenvalue weighted by atomic mass is 10.4. The molecule has 0 saturated carbocycles. The highest BCUT2D eigenvalue weighted by atomic mass is 16.9. The summed E-state index contributed by atoms with van der Waals surface area (Å²) in [6, 6.07) is 0. The molecule has 5 heteroatoms. The second kappa shape index (κ2) is 5.09. The summed E-state index contributed by atoms with van der Waals surface area (Å²) in [5.41, 5.74) is 0.190. The monoisotopic (exact) mass is 162 g/mol. The maximum Gasteiger partial charge on any atom is 0.103 e. The average molecular weight is 162 g/mol. The van der Waals surface area contributed by atoms with Crippen LogP contribution in [0.5, 0.6) is 0 Å². The van der Waals surface area contributed by atoms with Gasteiger partial charge in [-0.05, 0) is 6.92 Å². The van der Waals surface area contributed by atoms with Gasteiger partial charge in [-0.2, -0.15) is 0 Å². The van der Waals surface area contributed by atoms with Crippen LogP contribution in [0.15, 0.2) is 12.3 Å². The minimum Gasteiger partial charge on any atom is -0.734 e. The molecule has 0 aromatic heterocycles. The molecule has 11 heavy (non-hydrogen) atoms. The number of rotatable bonds is 5. The molecule has 66 valence electrons. The largest absolute Gasteiger partial charge is 0.734 e. The summed E-state index contributed by atoms with van der Waals surface area (Å²) in [7, 11) is 0. The summed E-state index contributed by atoms with van der Waals surface area (Å²) >= 11 is 0. The van der Waals surface area contributed by atoms with Crippen molar-refractivity contribution >= 4 is 0 Å². The zero-order valence-electron chi connectivity index (χ0n) is 6.36. The summed E-state index contributed by atoms with van der Waals surface area (Å²) in [5, 5.41) is 27.8. The summed E-state index contributed by atoms with van der Waals surface area (Å²) in [6.45, 7) is 4.12. The van der Waals surface area contributed by atoms with Crippen LogP contribution in [0.4, 0.5) is 0 Å². The lowest BCUT2D eigenvalue weighted by Crippen LogP contribution is -2.25. The third-order valence-electron chi connectivity index (χ3n) is 0.907. The maximum absolute atomic E-state index is 10.6. The molecule has 0 heterocycles. The van der Waals surface area contributed by atoms with Crippen LogP contribution in [-0.4, -0.2) is 34.8 Å². The van der Waals surface area contributed by atoms with E-state index in [1.807, 2.05) is 0 Å². The Morgan fingerprint density at radius 1 is 1.82 bits per heavy atom. The molecule has 0 rings (SSSR count). The van der Waals surface area contributed by atoms with Crippen molar-refractivity contribution in [3.05, 3.63) is 17.5 Å². The first kappa shape index (κ1) is 10.4. The van der Waals surface area contributed by atoms with Crippen molar-refractivity contribution in [2.24, 2.45) is 0 Å². The summed E-state index contributed by atoms with van der Waals surface area (Å²) in [5.74, 6) is 0. The molecule has 0 saturated heterocycles. The molecule has 0 fully saturated rings. The van der Waals surface area contributed by atoms with Crippen LogP contribution in [0.3, 0.4) is 0 Å². The Morgan fingerprint density at radius 2 is 2.36 bits per heavy atom. The second-order valence-electron chi connectivity index (χ2n) is 2.12. The lowest BCUT2D eigenvalue weighted by Gasteiger charge is -2.29. The van der Waals surface area contributed by atoms with Gasteiger partial charge in [0.25, 0.3) is 0 Å². The van der Waals surface area contributed by atoms with E-state index in [4.69, 9.17) is 10.2 Å². The van der Waals surface area contributed by atoms with Crippen molar-refractivity contribution in [2.45, 2.75) is 13.0 Å². The van der Waals surface area contributed by atoms with Crippen molar-refractivity contribution < 1.29 is 15.1 Å². The summed E-state index contributed by atoms with van der Waals surface area (Å²) in [6.07, 6.45) is -1.02. The maximum atomic E-state index is 10.6. The molecular formula is C6H12NO4-. The Balaban J connectivity index is 3.45. The lowest BCUT2D eigenvalue weighted by molar-refractivity contribution is -0.128. The second-order valence-corrected chi connectivity index (χ2v) is 2.12. The van der Waals surface area contributed by atoms with Crippen LogP contribution >= 0.6 is 0 Å². The fourth-order valence-electron chi connectivity index (χ4n) is 0.317. The van der Waals surface area contributed by atoms with Crippen LogP contribution in [-0.2, 0) is 4.84 Å². The molecule has 0 amide bonds. The Kier molecular flexibility index (Phi) is 4.80. The highest BCUT2D eigenvalue weighted by Crippen LogP contribution is 1.98. The van der Waals surface area contributed by atoms with Crippen molar-refractivity contribution in [1.29, 1.82) is 0 Å². The zero-order chi connectivity index (χ0) is 8.85. The van der Waals surface area contributed by atoms with Crippen molar-refractivity contribution in [3.63, 3.8) is 0 Å². The average Bonchev–Trinajstić information content (AvgIpc) is 1.99. The van der Waals surface area contributed by atoms with E-state index in [-0.39, 0.29) is 17.5 Å². The molecule has 0 bridgehead atoms. The number of hydrogen-bond acceptors (Lipinski definition) is 5. The first-order valence-corrected chi connectivity index (χ1v) is 3.12. The molecule has 0 aliphatic heterocycles. The Bertz CT molecular complexity index is 128. The van der Waals surface area contributed by atoms with Crippen LogP contribution in [0, 0.1) is 5.21 Å². The molecule has 0 aromatic carbocycles. The van der Waals surface area contributed by atoms with E-state index in [2.05, 4.69) is 11.4 Å². The highest BCUT2D eigenvalue weighted by Gasteiger charge is 2.01. The van der Waals surface area contributed by atoms with Crippen molar-refractivity contribution in [2.75, 3.05) is 13.2 Å². The van der Waals surface area contributed by atoms with Gasteiger partial charge in [0.2, 0.25) is 0 Å². The normalized spacial score (nSPS) is 12.7. The molecule has 2 N–H and O–H groups in total. The molecule has 5 nitrogen and oxygen atoms in total. The van der Waals surface area contributed by atoms with Gasteiger partial charge >= 0.3 is 0 Å². The summed E-state index contributed by atoms with van der Waals surface area (Å²) < 4.78 is 0.